The van der Waals surface area contributed by atoms with Crippen LogP contribution in [0.25, 0.3) is 0 Å². The molecular formula is C15H24BrN3. The van der Waals surface area contributed by atoms with Gasteiger partial charge in [0, 0.05) is 30.1 Å². The predicted octanol–water partition coefficient (Wildman–Crippen LogP) is 2.83. The smallest absolute Gasteiger partial charge is 0.0511 e. The summed E-state index contributed by atoms with van der Waals surface area (Å²) in [6, 6.07) is 7.15. The minimum Gasteiger partial charge on any atom is -0.369 e. The lowest BCUT2D eigenvalue weighted by molar-refractivity contribution is 0.232. The summed E-state index contributed by atoms with van der Waals surface area (Å²) in [7, 11) is 0. The number of nitrogens with zero attached hydrogens (tertiary/aromatic N) is 2. The number of likely N-dealkylation sites (N-methyl/N-ethyl adjacent to an activating group) is 1. The molecule has 2 rings (SSSR count). The summed E-state index contributed by atoms with van der Waals surface area (Å²) in [5.74, 6) is 0. The van der Waals surface area contributed by atoms with Gasteiger partial charge in [-0.15, -0.1) is 0 Å². The van der Waals surface area contributed by atoms with Crippen LogP contribution in [0.15, 0.2) is 22.7 Å². The molecule has 1 fully saturated rings. The number of rotatable bonds is 5. The van der Waals surface area contributed by atoms with Crippen LogP contribution in [0.4, 0.5) is 5.69 Å². The highest BCUT2D eigenvalue weighted by molar-refractivity contribution is 9.10. The van der Waals surface area contributed by atoms with Crippen LogP contribution in [0.2, 0.25) is 0 Å². The Labute approximate surface area is 124 Å². The Kier molecular flexibility index (Phi) is 5.25. The molecule has 106 valence electrons. The molecule has 2 N–H and O–H groups in total. The minimum absolute atomic E-state index is 0.598. The molecule has 3 nitrogen and oxygen atoms in total. The molecule has 1 aromatic rings. The Morgan fingerprint density at radius 1 is 1.37 bits per heavy atom. The third-order valence-electron chi connectivity index (χ3n) is 4.08. The maximum Gasteiger partial charge on any atom is 0.0511 e. The van der Waals surface area contributed by atoms with E-state index in [9.17, 15) is 0 Å². The first-order chi connectivity index (χ1) is 9.19. The van der Waals surface area contributed by atoms with Crippen molar-refractivity contribution in [2.24, 2.45) is 5.73 Å². The Morgan fingerprint density at radius 2 is 2.11 bits per heavy atom. The van der Waals surface area contributed by atoms with Crippen molar-refractivity contribution in [3.8, 4) is 0 Å². The van der Waals surface area contributed by atoms with E-state index in [-0.39, 0.29) is 0 Å². The van der Waals surface area contributed by atoms with Gasteiger partial charge < -0.3 is 10.6 Å². The summed E-state index contributed by atoms with van der Waals surface area (Å²) >= 11 is 3.68. The van der Waals surface area contributed by atoms with E-state index in [1.54, 1.807) is 0 Å². The molecule has 1 aliphatic heterocycles. The topological polar surface area (TPSA) is 32.5 Å². The molecule has 1 atom stereocenters. The first kappa shape index (κ1) is 14.8. The maximum absolute atomic E-state index is 5.68. The largest absolute Gasteiger partial charge is 0.369 e. The van der Waals surface area contributed by atoms with Crippen molar-refractivity contribution in [3.05, 3.63) is 28.2 Å². The van der Waals surface area contributed by atoms with Crippen LogP contribution in [0.5, 0.6) is 0 Å². The second kappa shape index (κ2) is 6.73. The average molecular weight is 326 g/mol. The fourth-order valence-electron chi connectivity index (χ4n) is 2.93. The molecule has 4 heteroatoms. The Bertz CT molecular complexity index is 418. The van der Waals surface area contributed by atoms with E-state index in [1.807, 2.05) is 0 Å². The summed E-state index contributed by atoms with van der Waals surface area (Å²) < 4.78 is 1.16. The molecule has 0 bridgehead atoms. The highest BCUT2D eigenvalue weighted by Gasteiger charge is 2.27. The van der Waals surface area contributed by atoms with Gasteiger partial charge in [0.2, 0.25) is 0 Å². The van der Waals surface area contributed by atoms with Gasteiger partial charge in [0.25, 0.3) is 0 Å². The van der Waals surface area contributed by atoms with E-state index < -0.39 is 0 Å². The second-order valence-electron chi connectivity index (χ2n) is 5.10. The molecule has 0 aliphatic carbocycles. The lowest BCUT2D eigenvalue weighted by Gasteiger charge is -2.27. The molecular weight excluding hydrogens is 302 g/mol. The first-order valence-corrected chi connectivity index (χ1v) is 7.96. The Morgan fingerprint density at radius 3 is 2.68 bits per heavy atom. The van der Waals surface area contributed by atoms with Crippen LogP contribution in [0.3, 0.4) is 0 Å². The summed E-state index contributed by atoms with van der Waals surface area (Å²) in [5.41, 5.74) is 8.15. The fourth-order valence-corrected chi connectivity index (χ4v) is 3.61. The van der Waals surface area contributed by atoms with Crippen molar-refractivity contribution < 1.29 is 0 Å². The van der Waals surface area contributed by atoms with Crippen LogP contribution in [-0.4, -0.2) is 37.1 Å². The van der Waals surface area contributed by atoms with Gasteiger partial charge in [-0.3, -0.25) is 4.90 Å². The zero-order chi connectivity index (χ0) is 13.8. The Balaban J connectivity index is 2.08. The quantitative estimate of drug-likeness (QED) is 0.903. The monoisotopic (exact) mass is 325 g/mol. The van der Waals surface area contributed by atoms with E-state index in [0.29, 0.717) is 12.6 Å². The molecule has 1 heterocycles. The van der Waals surface area contributed by atoms with Crippen molar-refractivity contribution >= 4 is 21.6 Å². The number of benzene rings is 1. The fraction of sp³-hybridized carbons (Fsp3) is 0.600. The summed E-state index contributed by atoms with van der Waals surface area (Å²) in [6.07, 6.45) is 1.26. The molecule has 19 heavy (non-hydrogen) atoms. The van der Waals surface area contributed by atoms with Crippen molar-refractivity contribution in [1.29, 1.82) is 0 Å². The zero-order valence-corrected chi connectivity index (χ0v) is 13.5. The van der Waals surface area contributed by atoms with Gasteiger partial charge in [0.15, 0.2) is 0 Å². The first-order valence-electron chi connectivity index (χ1n) is 7.17. The van der Waals surface area contributed by atoms with Crippen molar-refractivity contribution in [3.63, 3.8) is 0 Å². The van der Waals surface area contributed by atoms with Crippen LogP contribution in [0, 0.1) is 0 Å². The lowest BCUT2D eigenvalue weighted by Crippen LogP contribution is -2.37. The van der Waals surface area contributed by atoms with Gasteiger partial charge in [-0.1, -0.05) is 19.9 Å². The van der Waals surface area contributed by atoms with E-state index >= 15 is 0 Å². The van der Waals surface area contributed by atoms with E-state index in [2.05, 4.69) is 57.8 Å². The Hall–Kier alpha value is -0.580. The van der Waals surface area contributed by atoms with Gasteiger partial charge >= 0.3 is 0 Å². The van der Waals surface area contributed by atoms with Gasteiger partial charge in [-0.05, 0) is 53.1 Å². The molecule has 1 aromatic carbocycles. The third-order valence-corrected chi connectivity index (χ3v) is 4.72. The van der Waals surface area contributed by atoms with Gasteiger partial charge in [-0.25, -0.2) is 0 Å². The van der Waals surface area contributed by atoms with Crippen LogP contribution >= 0.6 is 15.9 Å². The summed E-state index contributed by atoms with van der Waals surface area (Å²) in [5, 5.41) is 0. The number of nitrogens with two attached hydrogens (primary N) is 1. The predicted molar refractivity (Wildman–Crippen MR) is 85.6 cm³/mol. The molecule has 1 unspecified atom stereocenters. The van der Waals surface area contributed by atoms with Crippen molar-refractivity contribution in [2.75, 3.05) is 31.1 Å². The highest BCUT2D eigenvalue weighted by atomic mass is 79.9. The molecule has 0 aromatic heterocycles. The van der Waals surface area contributed by atoms with Gasteiger partial charge in [0.05, 0.1) is 5.69 Å². The number of halogens is 1. The maximum atomic E-state index is 5.68. The van der Waals surface area contributed by atoms with Crippen molar-refractivity contribution in [1.82, 2.24) is 4.90 Å². The summed E-state index contributed by atoms with van der Waals surface area (Å²) in [4.78, 5) is 5.04. The van der Waals surface area contributed by atoms with E-state index in [1.165, 1.54) is 17.7 Å². The molecule has 0 amide bonds. The standard InChI is InChI=1S/C15H24BrN3/c1-3-18(4-2)13-7-8-19(11-13)15-6-5-12(10-17)9-14(15)16/h5-6,9,13H,3-4,7-8,10-11,17H2,1-2H3. The van der Waals surface area contributed by atoms with Crippen LogP contribution < -0.4 is 10.6 Å². The summed E-state index contributed by atoms with van der Waals surface area (Å²) in [6.45, 7) is 9.64. The minimum atomic E-state index is 0.598. The third kappa shape index (κ3) is 3.30. The van der Waals surface area contributed by atoms with Crippen LogP contribution in [0.1, 0.15) is 25.8 Å². The highest BCUT2D eigenvalue weighted by Crippen LogP contribution is 2.31. The SMILES string of the molecule is CCN(CC)C1CCN(c2ccc(CN)cc2Br)C1. The molecule has 0 saturated carbocycles. The van der Waals surface area contributed by atoms with Gasteiger partial charge in [0.1, 0.15) is 0 Å². The van der Waals surface area contributed by atoms with Gasteiger partial charge in [-0.2, -0.15) is 0 Å². The zero-order valence-electron chi connectivity index (χ0n) is 11.9. The average Bonchev–Trinajstić information content (AvgIpc) is 2.89. The molecule has 1 aliphatic rings. The number of hydrogen-bond donors (Lipinski definition) is 1. The number of hydrogen-bond acceptors (Lipinski definition) is 3. The lowest BCUT2D eigenvalue weighted by atomic mass is 10.2. The van der Waals surface area contributed by atoms with E-state index in [4.69, 9.17) is 5.73 Å². The number of anilines is 1. The van der Waals surface area contributed by atoms with E-state index in [0.717, 1.165) is 30.7 Å². The van der Waals surface area contributed by atoms with Crippen LogP contribution in [-0.2, 0) is 6.54 Å². The molecule has 0 radical (unpaired) electrons. The molecule has 1 saturated heterocycles. The molecule has 0 spiro atoms. The second-order valence-corrected chi connectivity index (χ2v) is 5.95. The normalized spacial score (nSPS) is 19.4. The van der Waals surface area contributed by atoms with Crippen molar-refractivity contribution in [2.45, 2.75) is 32.9 Å².